The molecular formula is C10H19N2+. The van der Waals surface area contributed by atoms with Crippen molar-refractivity contribution in [2.24, 2.45) is 0 Å². The summed E-state index contributed by atoms with van der Waals surface area (Å²) in [5.41, 5.74) is 4.14. The van der Waals surface area contributed by atoms with Crippen molar-refractivity contribution >= 4 is 5.71 Å². The van der Waals surface area contributed by atoms with Gasteiger partial charge >= 0.3 is 0 Å². The van der Waals surface area contributed by atoms with Crippen LogP contribution in [0.5, 0.6) is 0 Å². The molecule has 0 fully saturated rings. The highest BCUT2D eigenvalue weighted by Gasteiger charge is 2.27. The summed E-state index contributed by atoms with van der Waals surface area (Å²) in [4.78, 5) is 2.32. The van der Waals surface area contributed by atoms with Crippen molar-refractivity contribution in [1.82, 2.24) is 4.90 Å². The highest BCUT2D eigenvalue weighted by molar-refractivity contribution is 5.83. The van der Waals surface area contributed by atoms with Gasteiger partial charge in [0.1, 0.15) is 13.1 Å². The van der Waals surface area contributed by atoms with E-state index in [4.69, 9.17) is 0 Å². The van der Waals surface area contributed by atoms with Gasteiger partial charge in [-0.3, -0.25) is 0 Å². The van der Waals surface area contributed by atoms with Crippen LogP contribution in [0, 0.1) is 0 Å². The summed E-state index contributed by atoms with van der Waals surface area (Å²) in [5, 5.41) is 0. The summed E-state index contributed by atoms with van der Waals surface area (Å²) in [6, 6.07) is 0.527. The molecule has 1 aliphatic rings. The van der Waals surface area contributed by atoms with Gasteiger partial charge in [-0.05, 0) is 13.8 Å². The minimum absolute atomic E-state index is 0.527. The third-order valence-electron chi connectivity index (χ3n) is 3.27. The maximum Gasteiger partial charge on any atom is 0.196 e. The van der Waals surface area contributed by atoms with E-state index < -0.39 is 0 Å². The number of hydrogen-bond acceptors (Lipinski definition) is 1. The Bertz CT molecular complexity index is 233. The number of rotatable bonds is 0. The monoisotopic (exact) mass is 167 g/mol. The minimum atomic E-state index is 0.527. The van der Waals surface area contributed by atoms with Gasteiger partial charge in [0.15, 0.2) is 11.4 Å². The van der Waals surface area contributed by atoms with E-state index >= 15 is 0 Å². The third kappa shape index (κ3) is 1.15. The Morgan fingerprint density at radius 3 is 2.25 bits per heavy atom. The normalized spacial score (nSPS) is 25.5. The maximum atomic E-state index is 2.32. The van der Waals surface area contributed by atoms with Gasteiger partial charge in [0.05, 0.1) is 5.70 Å². The van der Waals surface area contributed by atoms with E-state index in [1.807, 2.05) is 0 Å². The first-order chi connectivity index (χ1) is 5.46. The summed E-state index contributed by atoms with van der Waals surface area (Å²) in [6.07, 6.45) is 0. The molecule has 12 heavy (non-hydrogen) atoms. The Kier molecular flexibility index (Phi) is 2.27. The standard InChI is InChI=1S/C10H19N2/c1-7-8(2)12(6)10(4)9(3)11(7)5/h7H,1-6H3/q+1. The van der Waals surface area contributed by atoms with Crippen LogP contribution in [-0.2, 0) is 0 Å². The zero-order valence-corrected chi connectivity index (χ0v) is 8.97. The zero-order valence-electron chi connectivity index (χ0n) is 8.97. The quantitative estimate of drug-likeness (QED) is 0.497. The van der Waals surface area contributed by atoms with Gasteiger partial charge in [-0.1, -0.05) is 0 Å². The lowest BCUT2D eigenvalue weighted by atomic mass is 10.1. The van der Waals surface area contributed by atoms with Gasteiger partial charge in [0.25, 0.3) is 0 Å². The van der Waals surface area contributed by atoms with Crippen LogP contribution in [0.1, 0.15) is 27.7 Å². The first-order valence-electron chi connectivity index (χ1n) is 4.44. The minimum Gasteiger partial charge on any atom is -0.361 e. The van der Waals surface area contributed by atoms with Crippen molar-refractivity contribution in [3.63, 3.8) is 0 Å². The van der Waals surface area contributed by atoms with E-state index in [-0.39, 0.29) is 0 Å². The molecule has 0 aromatic heterocycles. The molecule has 1 unspecified atom stereocenters. The van der Waals surface area contributed by atoms with E-state index in [0.29, 0.717) is 6.04 Å². The molecule has 0 aromatic carbocycles. The van der Waals surface area contributed by atoms with Crippen LogP contribution in [0.4, 0.5) is 0 Å². The van der Waals surface area contributed by atoms with Gasteiger partial charge in [-0.25, -0.2) is 4.58 Å². The highest BCUT2D eigenvalue weighted by atomic mass is 15.2. The first kappa shape index (κ1) is 9.30. The molecule has 0 N–H and O–H groups in total. The van der Waals surface area contributed by atoms with Crippen molar-refractivity contribution in [2.75, 3.05) is 14.1 Å². The Balaban J connectivity index is 3.18. The molecule has 0 bridgehead atoms. The van der Waals surface area contributed by atoms with Gasteiger partial charge in [-0.2, -0.15) is 0 Å². The fourth-order valence-corrected chi connectivity index (χ4v) is 1.61. The lowest BCUT2D eigenvalue weighted by Gasteiger charge is -2.30. The first-order valence-corrected chi connectivity index (χ1v) is 4.44. The number of hydrogen-bond donors (Lipinski definition) is 0. The van der Waals surface area contributed by atoms with Crippen molar-refractivity contribution in [3.8, 4) is 0 Å². The second-order valence-corrected chi connectivity index (χ2v) is 3.66. The SMILES string of the molecule is CC1=C(C)[N+](C)=C(C)C(C)N1C. The highest BCUT2D eigenvalue weighted by Crippen LogP contribution is 2.17. The smallest absolute Gasteiger partial charge is 0.196 e. The Labute approximate surface area is 75.2 Å². The number of allylic oxidation sites excluding steroid dienone is 2. The molecule has 0 radical (unpaired) electrons. The second-order valence-electron chi connectivity index (χ2n) is 3.66. The molecule has 2 heteroatoms. The van der Waals surface area contributed by atoms with Gasteiger partial charge < -0.3 is 4.90 Å². The summed E-state index contributed by atoms with van der Waals surface area (Å²) in [6.45, 7) is 8.77. The second kappa shape index (κ2) is 2.92. The van der Waals surface area contributed by atoms with Gasteiger partial charge in [-0.15, -0.1) is 0 Å². The van der Waals surface area contributed by atoms with Crippen molar-refractivity contribution in [1.29, 1.82) is 0 Å². The molecule has 1 heterocycles. The average Bonchev–Trinajstić information content (AvgIpc) is 2.08. The van der Waals surface area contributed by atoms with Crippen molar-refractivity contribution in [2.45, 2.75) is 33.7 Å². The zero-order chi connectivity index (χ0) is 9.46. The van der Waals surface area contributed by atoms with Crippen LogP contribution in [0.25, 0.3) is 0 Å². The molecule has 0 saturated heterocycles. The molecule has 1 atom stereocenters. The van der Waals surface area contributed by atoms with Crippen LogP contribution in [0.3, 0.4) is 0 Å². The largest absolute Gasteiger partial charge is 0.361 e. The lowest BCUT2D eigenvalue weighted by molar-refractivity contribution is -0.451. The van der Waals surface area contributed by atoms with E-state index in [1.54, 1.807) is 0 Å². The summed E-state index contributed by atoms with van der Waals surface area (Å²) in [7, 11) is 4.29. The predicted octanol–water partition coefficient (Wildman–Crippen LogP) is 1.67. The van der Waals surface area contributed by atoms with E-state index in [9.17, 15) is 0 Å². The fourth-order valence-electron chi connectivity index (χ4n) is 1.61. The molecule has 0 spiro atoms. The lowest BCUT2D eigenvalue weighted by Crippen LogP contribution is -2.42. The molecule has 68 valence electrons. The predicted molar refractivity (Wildman–Crippen MR) is 52.5 cm³/mol. The molecule has 1 rings (SSSR count). The summed E-state index contributed by atoms with van der Waals surface area (Å²) >= 11 is 0. The van der Waals surface area contributed by atoms with Crippen LogP contribution >= 0.6 is 0 Å². The topological polar surface area (TPSA) is 6.25 Å². The van der Waals surface area contributed by atoms with Crippen LogP contribution in [-0.4, -0.2) is 35.3 Å². The third-order valence-corrected chi connectivity index (χ3v) is 3.27. The molecule has 0 aromatic rings. The Morgan fingerprint density at radius 2 is 1.75 bits per heavy atom. The maximum absolute atomic E-state index is 2.32. The van der Waals surface area contributed by atoms with Crippen LogP contribution in [0.15, 0.2) is 11.4 Å². The molecule has 1 aliphatic heterocycles. The van der Waals surface area contributed by atoms with Gasteiger partial charge in [0, 0.05) is 20.9 Å². The van der Waals surface area contributed by atoms with Crippen molar-refractivity contribution < 1.29 is 4.58 Å². The van der Waals surface area contributed by atoms with E-state index in [1.165, 1.54) is 17.1 Å². The molecule has 0 aliphatic carbocycles. The average molecular weight is 167 g/mol. The number of nitrogens with zero attached hydrogens (tertiary/aromatic N) is 2. The molecular weight excluding hydrogens is 148 g/mol. The molecule has 0 saturated carbocycles. The van der Waals surface area contributed by atoms with E-state index in [2.05, 4.69) is 51.3 Å². The summed E-state index contributed by atoms with van der Waals surface area (Å²) in [5.74, 6) is 0. The van der Waals surface area contributed by atoms with E-state index in [0.717, 1.165) is 0 Å². The van der Waals surface area contributed by atoms with Gasteiger partial charge in [0.2, 0.25) is 0 Å². The van der Waals surface area contributed by atoms with Crippen LogP contribution in [0.2, 0.25) is 0 Å². The summed E-state index contributed by atoms with van der Waals surface area (Å²) < 4.78 is 2.28. The fraction of sp³-hybridized carbons (Fsp3) is 0.700. The Morgan fingerprint density at radius 1 is 1.25 bits per heavy atom. The Hall–Kier alpha value is -0.790. The molecule has 2 nitrogen and oxygen atoms in total. The molecule has 0 amide bonds. The van der Waals surface area contributed by atoms with Crippen LogP contribution < -0.4 is 0 Å². The van der Waals surface area contributed by atoms with Crippen molar-refractivity contribution in [3.05, 3.63) is 11.4 Å².